The number of benzene rings is 2. The maximum absolute atomic E-state index is 10.9. The van der Waals surface area contributed by atoms with Crippen molar-refractivity contribution in [3.8, 4) is 22.5 Å². The minimum absolute atomic E-state index is 0.0210. The van der Waals surface area contributed by atoms with E-state index in [2.05, 4.69) is 20.5 Å². The Bertz CT molecular complexity index is 1080. The van der Waals surface area contributed by atoms with Crippen LogP contribution >= 0.6 is 11.3 Å². The zero-order valence-electron chi connectivity index (χ0n) is 13.9. The van der Waals surface area contributed by atoms with Crippen LogP contribution in [0.5, 0.6) is 0 Å². The molecular formula is C19H13N5O2S. The highest BCUT2D eigenvalue weighted by atomic mass is 32.1. The Balaban J connectivity index is 1.51. The number of aromatic nitrogens is 3. The molecule has 0 unspecified atom stereocenters. The van der Waals surface area contributed by atoms with Gasteiger partial charge in [0.15, 0.2) is 10.9 Å². The highest BCUT2D eigenvalue weighted by Gasteiger charge is 2.09. The van der Waals surface area contributed by atoms with E-state index in [-0.39, 0.29) is 5.69 Å². The van der Waals surface area contributed by atoms with Crippen LogP contribution in [0.15, 0.2) is 72.1 Å². The monoisotopic (exact) mass is 375 g/mol. The molecule has 0 bridgehead atoms. The van der Waals surface area contributed by atoms with Crippen molar-refractivity contribution in [2.24, 2.45) is 0 Å². The van der Waals surface area contributed by atoms with E-state index in [1.165, 1.54) is 23.5 Å². The molecule has 0 saturated heterocycles. The van der Waals surface area contributed by atoms with Crippen LogP contribution in [-0.4, -0.2) is 20.1 Å². The molecule has 0 aliphatic heterocycles. The zero-order valence-corrected chi connectivity index (χ0v) is 14.8. The number of hydrogen-bond donors (Lipinski definition) is 1. The van der Waals surface area contributed by atoms with E-state index in [0.717, 1.165) is 11.3 Å². The van der Waals surface area contributed by atoms with Crippen molar-refractivity contribution in [3.63, 3.8) is 0 Å². The van der Waals surface area contributed by atoms with Crippen LogP contribution in [0.3, 0.4) is 0 Å². The van der Waals surface area contributed by atoms with Crippen LogP contribution in [0, 0.1) is 10.1 Å². The fourth-order valence-electron chi connectivity index (χ4n) is 2.51. The lowest BCUT2D eigenvalue weighted by molar-refractivity contribution is -0.384. The first kappa shape index (κ1) is 16.8. The number of thiazole rings is 1. The summed E-state index contributed by atoms with van der Waals surface area (Å²) < 4.78 is 0. The maximum Gasteiger partial charge on any atom is 0.270 e. The summed E-state index contributed by atoms with van der Waals surface area (Å²) in [4.78, 5) is 15.0. The summed E-state index contributed by atoms with van der Waals surface area (Å²) >= 11 is 1.48. The second-order valence-electron chi connectivity index (χ2n) is 5.64. The first-order valence-corrected chi connectivity index (χ1v) is 8.93. The lowest BCUT2D eigenvalue weighted by Crippen LogP contribution is -1.96. The summed E-state index contributed by atoms with van der Waals surface area (Å²) in [5.41, 5.74) is 3.17. The molecule has 2 aromatic carbocycles. The van der Waals surface area contributed by atoms with Crippen molar-refractivity contribution in [3.05, 3.63) is 82.2 Å². The fraction of sp³-hybridized carbons (Fsp3) is 0. The van der Waals surface area contributed by atoms with Gasteiger partial charge >= 0.3 is 0 Å². The number of hydrogen-bond acceptors (Lipinski definition) is 7. The van der Waals surface area contributed by atoms with E-state index in [0.29, 0.717) is 22.2 Å². The van der Waals surface area contributed by atoms with Crippen LogP contribution in [-0.2, 0) is 0 Å². The van der Waals surface area contributed by atoms with Crippen LogP contribution in [0.25, 0.3) is 22.5 Å². The molecule has 0 aliphatic rings. The Labute approximate surface area is 158 Å². The van der Waals surface area contributed by atoms with E-state index in [9.17, 15) is 10.1 Å². The van der Waals surface area contributed by atoms with E-state index < -0.39 is 4.92 Å². The van der Waals surface area contributed by atoms with Gasteiger partial charge in [-0.1, -0.05) is 42.5 Å². The van der Waals surface area contributed by atoms with Crippen molar-refractivity contribution in [1.29, 1.82) is 0 Å². The minimum atomic E-state index is -0.431. The Morgan fingerprint density at radius 1 is 0.889 bits per heavy atom. The first-order valence-electron chi connectivity index (χ1n) is 8.05. The van der Waals surface area contributed by atoms with Gasteiger partial charge in [-0.15, -0.1) is 21.5 Å². The second kappa shape index (κ2) is 7.30. The van der Waals surface area contributed by atoms with Gasteiger partial charge in [0, 0.05) is 28.6 Å². The van der Waals surface area contributed by atoms with Gasteiger partial charge in [0.2, 0.25) is 0 Å². The van der Waals surface area contributed by atoms with Gasteiger partial charge in [0.05, 0.1) is 16.3 Å². The average molecular weight is 375 g/mol. The predicted molar refractivity (Wildman–Crippen MR) is 105 cm³/mol. The minimum Gasteiger partial charge on any atom is -0.315 e. The molecule has 2 aromatic heterocycles. The standard InChI is InChI=1S/C19H13N5O2S/c25-24(26)15-8-4-7-14(11-15)16-9-10-18(23-22-16)21-19-20-17(12-27-19)13-5-2-1-3-6-13/h1-12H,(H,20,21,23). The largest absolute Gasteiger partial charge is 0.315 e. The molecule has 0 radical (unpaired) electrons. The van der Waals surface area contributed by atoms with Gasteiger partial charge in [-0.25, -0.2) is 4.98 Å². The molecule has 4 rings (SSSR count). The van der Waals surface area contributed by atoms with Gasteiger partial charge in [0.1, 0.15) is 0 Å². The molecular weight excluding hydrogens is 362 g/mol. The van der Waals surface area contributed by atoms with Crippen molar-refractivity contribution in [2.75, 3.05) is 5.32 Å². The van der Waals surface area contributed by atoms with E-state index in [4.69, 9.17) is 0 Å². The number of rotatable bonds is 5. The topological polar surface area (TPSA) is 93.8 Å². The highest BCUT2D eigenvalue weighted by Crippen LogP contribution is 2.27. The molecule has 7 nitrogen and oxygen atoms in total. The van der Waals surface area contributed by atoms with Crippen molar-refractivity contribution >= 4 is 28.0 Å². The van der Waals surface area contributed by atoms with Gasteiger partial charge in [-0.05, 0) is 12.1 Å². The Kier molecular flexibility index (Phi) is 4.54. The average Bonchev–Trinajstić information content (AvgIpc) is 3.18. The lowest BCUT2D eigenvalue weighted by Gasteiger charge is -2.03. The summed E-state index contributed by atoms with van der Waals surface area (Å²) in [5, 5.41) is 25.0. The normalized spacial score (nSPS) is 10.5. The van der Waals surface area contributed by atoms with Gasteiger partial charge in [0.25, 0.3) is 5.69 Å². The molecule has 1 N–H and O–H groups in total. The molecule has 0 saturated carbocycles. The number of nitrogens with zero attached hydrogens (tertiary/aromatic N) is 4. The summed E-state index contributed by atoms with van der Waals surface area (Å²) in [6.45, 7) is 0. The third kappa shape index (κ3) is 3.80. The van der Waals surface area contributed by atoms with Crippen molar-refractivity contribution in [2.45, 2.75) is 0 Å². The Hall–Kier alpha value is -3.65. The molecule has 8 heteroatoms. The van der Waals surface area contributed by atoms with Gasteiger partial charge in [-0.3, -0.25) is 10.1 Å². The van der Waals surface area contributed by atoms with Crippen LogP contribution in [0.4, 0.5) is 16.6 Å². The third-order valence-corrected chi connectivity index (χ3v) is 4.58. The number of nitrogens with one attached hydrogen (secondary N) is 1. The summed E-state index contributed by atoms with van der Waals surface area (Å²) in [5.74, 6) is 0.554. The molecule has 0 aliphatic carbocycles. The van der Waals surface area contributed by atoms with Gasteiger partial charge in [-0.2, -0.15) is 0 Å². The summed E-state index contributed by atoms with van der Waals surface area (Å²) in [6.07, 6.45) is 0. The van der Waals surface area contributed by atoms with Crippen molar-refractivity contribution in [1.82, 2.24) is 15.2 Å². The summed E-state index contributed by atoms with van der Waals surface area (Å²) in [6, 6.07) is 19.8. The number of nitro groups is 1. The van der Waals surface area contributed by atoms with Crippen LogP contribution in [0.2, 0.25) is 0 Å². The smallest absolute Gasteiger partial charge is 0.270 e. The maximum atomic E-state index is 10.9. The van der Waals surface area contributed by atoms with Crippen molar-refractivity contribution < 1.29 is 4.92 Å². The molecule has 4 aromatic rings. The number of nitro benzene ring substituents is 1. The van der Waals surface area contributed by atoms with E-state index >= 15 is 0 Å². The predicted octanol–water partition coefficient (Wildman–Crippen LogP) is 4.92. The molecule has 0 amide bonds. The molecule has 132 valence electrons. The van der Waals surface area contributed by atoms with Crippen LogP contribution < -0.4 is 5.32 Å². The molecule has 0 atom stereocenters. The molecule has 0 spiro atoms. The molecule has 0 fully saturated rings. The van der Waals surface area contributed by atoms with E-state index in [1.54, 1.807) is 24.3 Å². The number of anilines is 2. The number of non-ortho nitro benzene ring substituents is 1. The Morgan fingerprint density at radius 3 is 2.44 bits per heavy atom. The molecule has 2 heterocycles. The van der Waals surface area contributed by atoms with Crippen LogP contribution in [0.1, 0.15) is 0 Å². The Morgan fingerprint density at radius 2 is 1.70 bits per heavy atom. The van der Waals surface area contributed by atoms with Gasteiger partial charge < -0.3 is 5.32 Å². The SMILES string of the molecule is O=[N+]([O-])c1cccc(-c2ccc(Nc3nc(-c4ccccc4)cs3)nn2)c1. The second-order valence-corrected chi connectivity index (χ2v) is 6.50. The fourth-order valence-corrected chi connectivity index (χ4v) is 3.24. The lowest BCUT2D eigenvalue weighted by atomic mass is 10.1. The summed E-state index contributed by atoms with van der Waals surface area (Å²) in [7, 11) is 0. The highest BCUT2D eigenvalue weighted by molar-refractivity contribution is 7.14. The quantitative estimate of drug-likeness (QED) is 0.393. The third-order valence-electron chi connectivity index (χ3n) is 3.83. The van der Waals surface area contributed by atoms with E-state index in [1.807, 2.05) is 35.7 Å². The first-order chi connectivity index (χ1) is 13.2. The molecule has 27 heavy (non-hydrogen) atoms. The zero-order chi connectivity index (χ0) is 18.6.